The number of ether oxygens (including phenoxy) is 1. The summed E-state index contributed by atoms with van der Waals surface area (Å²) in [4.78, 5) is 0. The summed E-state index contributed by atoms with van der Waals surface area (Å²) in [5.41, 5.74) is 6.06. The normalized spacial score (nSPS) is 11.9. The number of nitriles is 1. The zero-order valence-electron chi connectivity index (χ0n) is 9.24. The molecule has 0 fully saturated rings. The molecule has 1 rings (SSSR count). The van der Waals surface area contributed by atoms with E-state index in [-0.39, 0.29) is 11.9 Å². The lowest BCUT2D eigenvalue weighted by Crippen LogP contribution is -2.07. The van der Waals surface area contributed by atoms with Crippen molar-refractivity contribution in [2.75, 3.05) is 6.61 Å². The average molecular weight is 222 g/mol. The van der Waals surface area contributed by atoms with Gasteiger partial charge in [0.25, 0.3) is 0 Å². The smallest absolute Gasteiger partial charge is 0.131 e. The largest absolute Gasteiger partial charge is 0.493 e. The quantitative estimate of drug-likeness (QED) is 0.779. The Balaban J connectivity index is 2.57. The topological polar surface area (TPSA) is 59.0 Å². The molecule has 0 spiro atoms. The van der Waals surface area contributed by atoms with Crippen molar-refractivity contribution < 1.29 is 9.13 Å². The molecule has 2 N–H and O–H groups in total. The van der Waals surface area contributed by atoms with Crippen LogP contribution < -0.4 is 10.5 Å². The number of nitrogens with zero attached hydrogens (tertiary/aromatic N) is 1. The van der Waals surface area contributed by atoms with Crippen LogP contribution >= 0.6 is 0 Å². The maximum atomic E-state index is 13.5. The highest BCUT2D eigenvalue weighted by Crippen LogP contribution is 2.20. The van der Waals surface area contributed by atoms with Crippen LogP contribution in [0.15, 0.2) is 18.2 Å². The molecule has 1 unspecified atom stereocenters. The van der Waals surface area contributed by atoms with E-state index in [1.165, 1.54) is 6.07 Å². The fraction of sp³-hybridized carbons (Fsp3) is 0.417. The van der Waals surface area contributed by atoms with Gasteiger partial charge in [0.05, 0.1) is 12.7 Å². The van der Waals surface area contributed by atoms with E-state index < -0.39 is 0 Å². The van der Waals surface area contributed by atoms with Crippen molar-refractivity contribution in [3.63, 3.8) is 0 Å². The molecule has 1 atom stereocenters. The monoisotopic (exact) mass is 222 g/mol. The van der Waals surface area contributed by atoms with E-state index in [9.17, 15) is 4.39 Å². The van der Waals surface area contributed by atoms with Gasteiger partial charge in [0.1, 0.15) is 11.6 Å². The highest BCUT2D eigenvalue weighted by atomic mass is 19.1. The second kappa shape index (κ2) is 6.09. The van der Waals surface area contributed by atoms with Crippen LogP contribution in [0.2, 0.25) is 0 Å². The van der Waals surface area contributed by atoms with Crippen LogP contribution in [0.25, 0.3) is 0 Å². The van der Waals surface area contributed by atoms with Crippen molar-refractivity contribution in [1.82, 2.24) is 0 Å². The second-order valence-corrected chi connectivity index (χ2v) is 3.58. The van der Waals surface area contributed by atoms with Crippen molar-refractivity contribution in [3.8, 4) is 11.8 Å². The highest BCUT2D eigenvalue weighted by molar-refractivity contribution is 5.30. The number of halogens is 1. The van der Waals surface area contributed by atoms with Crippen LogP contribution in [-0.2, 0) is 0 Å². The third-order valence-corrected chi connectivity index (χ3v) is 2.16. The van der Waals surface area contributed by atoms with E-state index in [0.29, 0.717) is 30.8 Å². The molecule has 0 aliphatic heterocycles. The maximum absolute atomic E-state index is 13.5. The molecule has 4 heteroatoms. The minimum Gasteiger partial charge on any atom is -0.493 e. The van der Waals surface area contributed by atoms with Gasteiger partial charge in [-0.25, -0.2) is 4.39 Å². The zero-order valence-corrected chi connectivity index (χ0v) is 9.24. The first kappa shape index (κ1) is 12.5. The molecule has 0 aliphatic carbocycles. The number of hydrogen-bond donors (Lipinski definition) is 1. The van der Waals surface area contributed by atoms with Gasteiger partial charge in [0.15, 0.2) is 0 Å². The molecule has 0 radical (unpaired) electrons. The number of unbranched alkanes of at least 4 members (excludes halogenated alkanes) is 1. The lowest BCUT2D eigenvalue weighted by atomic mass is 10.1. The van der Waals surface area contributed by atoms with Crippen LogP contribution in [-0.4, -0.2) is 6.61 Å². The number of benzene rings is 1. The van der Waals surface area contributed by atoms with Crippen molar-refractivity contribution in [1.29, 1.82) is 5.26 Å². The molecule has 0 saturated heterocycles. The first-order chi connectivity index (χ1) is 7.65. The Morgan fingerprint density at radius 2 is 2.31 bits per heavy atom. The molecular formula is C12H15FN2O. The zero-order chi connectivity index (χ0) is 12.0. The van der Waals surface area contributed by atoms with Crippen molar-refractivity contribution in [2.45, 2.75) is 25.8 Å². The van der Waals surface area contributed by atoms with Gasteiger partial charge in [-0.05, 0) is 19.4 Å². The molecule has 0 saturated carbocycles. The van der Waals surface area contributed by atoms with Gasteiger partial charge in [0, 0.05) is 24.1 Å². The van der Waals surface area contributed by atoms with Crippen LogP contribution in [0.5, 0.6) is 5.75 Å². The highest BCUT2D eigenvalue weighted by Gasteiger charge is 2.07. The molecule has 1 aromatic rings. The first-order valence-electron chi connectivity index (χ1n) is 5.20. The molecule has 1 aromatic carbocycles. The Labute approximate surface area is 94.6 Å². The van der Waals surface area contributed by atoms with E-state index in [2.05, 4.69) is 0 Å². The number of hydrogen-bond acceptors (Lipinski definition) is 3. The molecule has 0 aromatic heterocycles. The van der Waals surface area contributed by atoms with Gasteiger partial charge in [0.2, 0.25) is 0 Å². The van der Waals surface area contributed by atoms with E-state index in [1.54, 1.807) is 19.1 Å². The second-order valence-electron chi connectivity index (χ2n) is 3.58. The third kappa shape index (κ3) is 3.52. The lowest BCUT2D eigenvalue weighted by molar-refractivity contribution is 0.311. The third-order valence-electron chi connectivity index (χ3n) is 2.16. The summed E-state index contributed by atoms with van der Waals surface area (Å²) in [6.07, 6.45) is 1.09. The maximum Gasteiger partial charge on any atom is 0.131 e. The minimum atomic E-state index is -0.354. The summed E-state index contributed by atoms with van der Waals surface area (Å²) in [6.45, 7) is 2.15. The molecule has 16 heavy (non-hydrogen) atoms. The molecule has 0 bridgehead atoms. The Hall–Kier alpha value is -1.60. The van der Waals surface area contributed by atoms with Crippen molar-refractivity contribution in [3.05, 3.63) is 29.6 Å². The summed E-state index contributed by atoms with van der Waals surface area (Å²) in [7, 11) is 0. The SMILES string of the molecule is CC(N)c1ccc(OCCCC#N)cc1F. The predicted molar refractivity (Wildman–Crippen MR) is 59.3 cm³/mol. The van der Waals surface area contributed by atoms with E-state index in [4.69, 9.17) is 15.7 Å². The summed E-state index contributed by atoms with van der Waals surface area (Å²) < 4.78 is 18.8. The predicted octanol–water partition coefficient (Wildman–Crippen LogP) is 2.53. The number of nitrogens with two attached hydrogens (primary N) is 1. The van der Waals surface area contributed by atoms with Gasteiger partial charge in [-0.3, -0.25) is 0 Å². The summed E-state index contributed by atoms with van der Waals surface area (Å²) in [6, 6.07) is 6.33. The fourth-order valence-electron chi connectivity index (χ4n) is 1.31. The van der Waals surface area contributed by atoms with Crippen LogP contribution in [0.4, 0.5) is 4.39 Å². The standard InChI is InChI=1S/C12H15FN2O/c1-9(15)11-5-4-10(8-12(11)13)16-7-3-2-6-14/h4-5,8-9H,2-3,7,15H2,1H3. The van der Waals surface area contributed by atoms with E-state index in [0.717, 1.165) is 0 Å². The van der Waals surface area contributed by atoms with Gasteiger partial charge >= 0.3 is 0 Å². The van der Waals surface area contributed by atoms with Crippen LogP contribution in [0.3, 0.4) is 0 Å². The fourth-order valence-corrected chi connectivity index (χ4v) is 1.31. The molecule has 0 amide bonds. The summed E-state index contributed by atoms with van der Waals surface area (Å²) in [5, 5.41) is 8.33. The van der Waals surface area contributed by atoms with E-state index >= 15 is 0 Å². The molecule has 0 aliphatic rings. The Kier molecular flexibility index (Phi) is 4.74. The molecule has 3 nitrogen and oxygen atoms in total. The van der Waals surface area contributed by atoms with Gasteiger partial charge in [-0.15, -0.1) is 0 Å². The van der Waals surface area contributed by atoms with Crippen LogP contribution in [0, 0.1) is 17.1 Å². The van der Waals surface area contributed by atoms with Crippen LogP contribution in [0.1, 0.15) is 31.4 Å². The van der Waals surface area contributed by atoms with Gasteiger partial charge < -0.3 is 10.5 Å². The first-order valence-corrected chi connectivity index (χ1v) is 5.20. The lowest BCUT2D eigenvalue weighted by Gasteiger charge is -2.09. The Morgan fingerprint density at radius 3 is 2.88 bits per heavy atom. The molecule has 86 valence electrons. The van der Waals surface area contributed by atoms with Gasteiger partial charge in [-0.1, -0.05) is 6.07 Å². The van der Waals surface area contributed by atoms with Crippen molar-refractivity contribution in [2.24, 2.45) is 5.73 Å². The minimum absolute atomic E-state index is 0.326. The number of rotatable bonds is 5. The molecular weight excluding hydrogens is 207 g/mol. The molecule has 0 heterocycles. The van der Waals surface area contributed by atoms with E-state index in [1.807, 2.05) is 6.07 Å². The van der Waals surface area contributed by atoms with Gasteiger partial charge in [-0.2, -0.15) is 5.26 Å². The Morgan fingerprint density at radius 1 is 1.56 bits per heavy atom. The summed E-state index contributed by atoms with van der Waals surface area (Å²) >= 11 is 0. The van der Waals surface area contributed by atoms with Crippen molar-refractivity contribution >= 4 is 0 Å². The Bertz CT molecular complexity index is 385. The average Bonchev–Trinajstić information content (AvgIpc) is 2.24. The summed E-state index contributed by atoms with van der Waals surface area (Å²) in [5.74, 6) is 0.118.